The zero-order valence-corrected chi connectivity index (χ0v) is 16.5. The molecule has 0 aliphatic rings. The van der Waals surface area contributed by atoms with Crippen molar-refractivity contribution in [3.63, 3.8) is 0 Å². The molecular formula is C25H22O4. The molecule has 0 atom stereocenters. The lowest BCUT2D eigenvalue weighted by Crippen LogP contribution is -1.98. The van der Waals surface area contributed by atoms with Gasteiger partial charge >= 0.3 is 0 Å². The first-order valence-electron chi connectivity index (χ1n) is 9.52. The number of hydrogen-bond acceptors (Lipinski definition) is 4. The Bertz CT molecular complexity index is 1140. The van der Waals surface area contributed by atoms with Crippen molar-refractivity contribution in [2.24, 2.45) is 0 Å². The summed E-state index contributed by atoms with van der Waals surface area (Å²) in [7, 11) is 0. The lowest BCUT2D eigenvalue weighted by atomic mass is 10.1. The molecule has 4 heteroatoms. The average molecular weight is 386 g/mol. The second-order valence-electron chi connectivity index (χ2n) is 7.05. The highest BCUT2D eigenvalue weighted by atomic mass is 16.5. The minimum absolute atomic E-state index is 0.104. The number of carbonyl (C=O) groups excluding carboxylic acids is 1. The summed E-state index contributed by atoms with van der Waals surface area (Å²) in [6, 6.07) is 23.5. The molecule has 0 bridgehead atoms. The third-order valence-electron chi connectivity index (χ3n) is 4.63. The van der Waals surface area contributed by atoms with Gasteiger partial charge in [-0.25, -0.2) is 0 Å². The summed E-state index contributed by atoms with van der Waals surface area (Å²) in [6.45, 7) is 4.38. The largest absolute Gasteiger partial charge is 0.489 e. The second kappa shape index (κ2) is 8.23. The molecule has 0 aliphatic heterocycles. The first-order valence-corrected chi connectivity index (χ1v) is 9.52. The van der Waals surface area contributed by atoms with Crippen LogP contribution in [0.2, 0.25) is 0 Å². The van der Waals surface area contributed by atoms with Crippen molar-refractivity contribution in [2.45, 2.75) is 27.1 Å². The van der Waals surface area contributed by atoms with Gasteiger partial charge in [0.15, 0.2) is 11.5 Å². The van der Waals surface area contributed by atoms with Crippen LogP contribution in [0.5, 0.6) is 11.5 Å². The van der Waals surface area contributed by atoms with Crippen LogP contribution in [0.3, 0.4) is 0 Å². The molecule has 0 saturated heterocycles. The third kappa shape index (κ3) is 4.49. The number of aryl methyl sites for hydroxylation is 1. The van der Waals surface area contributed by atoms with Gasteiger partial charge < -0.3 is 13.9 Å². The van der Waals surface area contributed by atoms with Gasteiger partial charge in [-0.2, -0.15) is 0 Å². The Hall–Kier alpha value is -3.53. The van der Waals surface area contributed by atoms with Crippen molar-refractivity contribution >= 4 is 16.8 Å². The summed E-state index contributed by atoms with van der Waals surface area (Å²) in [4.78, 5) is 11.6. The predicted octanol–water partition coefficient (Wildman–Crippen LogP) is 6.10. The van der Waals surface area contributed by atoms with Gasteiger partial charge in [0, 0.05) is 6.92 Å². The number of ether oxygens (including phenoxy) is 2. The van der Waals surface area contributed by atoms with E-state index in [4.69, 9.17) is 13.9 Å². The van der Waals surface area contributed by atoms with Crippen LogP contribution in [-0.4, -0.2) is 5.78 Å². The number of carbonyl (C=O) groups is 1. The number of fused-ring (bicyclic) bond motifs is 1. The number of Topliss-reactive ketones (excluding diaryl/α,β-unsaturated/α-hetero) is 1. The summed E-state index contributed by atoms with van der Waals surface area (Å²) in [5.41, 5.74) is 3.79. The average Bonchev–Trinajstić information content (AvgIpc) is 3.16. The molecule has 3 aromatic carbocycles. The zero-order valence-electron chi connectivity index (χ0n) is 16.5. The molecule has 4 rings (SSSR count). The van der Waals surface area contributed by atoms with Crippen LogP contribution in [0.4, 0.5) is 0 Å². The highest BCUT2D eigenvalue weighted by Gasteiger charge is 2.13. The Balaban J connectivity index is 1.48. The molecule has 146 valence electrons. The first kappa shape index (κ1) is 18.8. The van der Waals surface area contributed by atoms with Gasteiger partial charge in [-0.15, -0.1) is 0 Å². The van der Waals surface area contributed by atoms with Gasteiger partial charge in [0.1, 0.15) is 30.3 Å². The lowest BCUT2D eigenvalue weighted by Gasteiger charge is -2.10. The van der Waals surface area contributed by atoms with Gasteiger partial charge in [-0.1, -0.05) is 42.5 Å². The molecule has 0 radical (unpaired) electrons. The van der Waals surface area contributed by atoms with Crippen molar-refractivity contribution in [3.05, 3.63) is 95.2 Å². The summed E-state index contributed by atoms with van der Waals surface area (Å²) < 4.78 is 17.6. The molecule has 0 unspecified atom stereocenters. The minimum atomic E-state index is -0.104. The molecule has 0 fully saturated rings. The van der Waals surface area contributed by atoms with E-state index in [2.05, 4.69) is 0 Å². The summed E-state index contributed by atoms with van der Waals surface area (Å²) in [5.74, 6) is 1.73. The predicted molar refractivity (Wildman–Crippen MR) is 113 cm³/mol. The van der Waals surface area contributed by atoms with Gasteiger partial charge in [0.2, 0.25) is 0 Å². The van der Waals surface area contributed by atoms with Crippen LogP contribution in [0, 0.1) is 6.92 Å². The van der Waals surface area contributed by atoms with Crippen LogP contribution in [0.1, 0.15) is 34.2 Å². The van der Waals surface area contributed by atoms with Crippen molar-refractivity contribution in [1.82, 2.24) is 0 Å². The molecular weight excluding hydrogens is 364 g/mol. The van der Waals surface area contributed by atoms with E-state index in [1.807, 2.05) is 73.7 Å². The maximum Gasteiger partial charge on any atom is 0.194 e. The molecule has 1 aromatic heterocycles. The number of furan rings is 1. The SMILES string of the molecule is CC(=O)c1cc2c(OCc3cccc(OCc4ccccc4)c3)cc(C)cc2o1. The summed E-state index contributed by atoms with van der Waals surface area (Å²) >= 11 is 0. The van der Waals surface area contributed by atoms with Crippen LogP contribution < -0.4 is 9.47 Å². The van der Waals surface area contributed by atoms with E-state index < -0.39 is 0 Å². The molecule has 0 N–H and O–H groups in total. The molecule has 29 heavy (non-hydrogen) atoms. The van der Waals surface area contributed by atoms with Crippen LogP contribution >= 0.6 is 0 Å². The maximum atomic E-state index is 11.6. The third-order valence-corrected chi connectivity index (χ3v) is 4.63. The fraction of sp³-hybridized carbons (Fsp3) is 0.160. The van der Waals surface area contributed by atoms with Crippen LogP contribution in [-0.2, 0) is 13.2 Å². The van der Waals surface area contributed by atoms with Crippen LogP contribution in [0.25, 0.3) is 11.0 Å². The molecule has 4 nitrogen and oxygen atoms in total. The number of rotatable bonds is 7. The number of ketones is 1. The van der Waals surface area contributed by atoms with E-state index in [-0.39, 0.29) is 5.78 Å². The highest BCUT2D eigenvalue weighted by molar-refractivity contribution is 5.97. The topological polar surface area (TPSA) is 48.7 Å². The Morgan fingerprint density at radius 2 is 1.62 bits per heavy atom. The fourth-order valence-electron chi connectivity index (χ4n) is 3.16. The van der Waals surface area contributed by atoms with E-state index in [0.717, 1.165) is 27.8 Å². The van der Waals surface area contributed by atoms with Crippen molar-refractivity contribution < 1.29 is 18.7 Å². The number of benzene rings is 3. The molecule has 0 saturated carbocycles. The molecule has 0 amide bonds. The van der Waals surface area contributed by atoms with Gasteiger partial charge in [0.25, 0.3) is 0 Å². The van der Waals surface area contributed by atoms with Gasteiger partial charge in [0.05, 0.1) is 5.39 Å². The maximum absolute atomic E-state index is 11.6. The summed E-state index contributed by atoms with van der Waals surface area (Å²) in [5, 5.41) is 0.803. The molecule has 1 heterocycles. The normalized spacial score (nSPS) is 10.8. The summed E-state index contributed by atoms with van der Waals surface area (Å²) in [6.07, 6.45) is 0. The quantitative estimate of drug-likeness (QED) is 0.360. The highest BCUT2D eigenvalue weighted by Crippen LogP contribution is 2.31. The molecule has 0 aliphatic carbocycles. The second-order valence-corrected chi connectivity index (χ2v) is 7.05. The molecule has 4 aromatic rings. The lowest BCUT2D eigenvalue weighted by molar-refractivity contribution is 0.0989. The molecule has 0 spiro atoms. The van der Waals surface area contributed by atoms with E-state index in [9.17, 15) is 4.79 Å². The van der Waals surface area contributed by atoms with E-state index in [1.54, 1.807) is 6.07 Å². The monoisotopic (exact) mass is 386 g/mol. The Morgan fingerprint density at radius 3 is 2.41 bits per heavy atom. The Morgan fingerprint density at radius 1 is 0.862 bits per heavy atom. The first-order chi connectivity index (χ1) is 14.1. The Kier molecular flexibility index (Phi) is 5.34. The smallest absolute Gasteiger partial charge is 0.194 e. The fourth-order valence-corrected chi connectivity index (χ4v) is 3.16. The Labute approximate surface area is 169 Å². The van der Waals surface area contributed by atoms with E-state index >= 15 is 0 Å². The standard InChI is InChI=1S/C25H22O4/c1-17-11-24(22-14-23(18(2)26)29-25(22)12-17)28-16-20-9-6-10-21(13-20)27-15-19-7-4-3-5-8-19/h3-14H,15-16H2,1-2H3. The van der Waals surface area contributed by atoms with Crippen molar-refractivity contribution in [1.29, 1.82) is 0 Å². The zero-order chi connectivity index (χ0) is 20.2. The minimum Gasteiger partial charge on any atom is -0.489 e. The van der Waals surface area contributed by atoms with Gasteiger partial charge in [-0.3, -0.25) is 4.79 Å². The number of hydrogen-bond donors (Lipinski definition) is 0. The van der Waals surface area contributed by atoms with Gasteiger partial charge in [-0.05, 0) is 53.9 Å². The van der Waals surface area contributed by atoms with Crippen molar-refractivity contribution in [3.8, 4) is 11.5 Å². The van der Waals surface area contributed by atoms with Crippen molar-refractivity contribution in [2.75, 3.05) is 0 Å². The van der Waals surface area contributed by atoms with Crippen LogP contribution in [0.15, 0.2) is 77.2 Å². The van der Waals surface area contributed by atoms with E-state index in [0.29, 0.717) is 30.3 Å². The van der Waals surface area contributed by atoms with E-state index in [1.165, 1.54) is 6.92 Å².